The first-order valence-corrected chi connectivity index (χ1v) is 6.97. The average molecular weight is 332 g/mol. The van der Waals surface area contributed by atoms with Gasteiger partial charge in [-0.3, -0.25) is 4.79 Å². The molecule has 1 atom stereocenters. The number of carbonyl (C=O) groups excluding carboxylic acids is 3. The largest absolute Gasteiger partial charge is 0.449 e. The molecule has 0 aliphatic rings. The van der Waals surface area contributed by atoms with Gasteiger partial charge in [-0.2, -0.15) is 0 Å². The van der Waals surface area contributed by atoms with Crippen LogP contribution < -0.4 is 16.4 Å². The average Bonchev–Trinajstić information content (AvgIpc) is 2.92. The lowest BCUT2D eigenvalue weighted by molar-refractivity contribution is -0.123. The van der Waals surface area contributed by atoms with E-state index in [1.165, 1.54) is 37.3 Å². The third-order valence-electron chi connectivity index (χ3n) is 2.92. The van der Waals surface area contributed by atoms with Crippen LogP contribution in [0.1, 0.15) is 23.0 Å². The molecule has 9 nitrogen and oxygen atoms in total. The first-order chi connectivity index (χ1) is 11.3. The van der Waals surface area contributed by atoms with Crippen molar-refractivity contribution in [2.24, 2.45) is 5.73 Å². The zero-order chi connectivity index (χ0) is 17.7. The topological polar surface area (TPSA) is 137 Å². The van der Waals surface area contributed by atoms with Crippen LogP contribution in [0.4, 0.5) is 16.3 Å². The van der Waals surface area contributed by atoms with E-state index < -0.39 is 24.0 Å². The van der Waals surface area contributed by atoms with E-state index in [9.17, 15) is 14.4 Å². The van der Waals surface area contributed by atoms with E-state index in [1.54, 1.807) is 6.92 Å². The Bertz CT molecular complexity index is 753. The van der Waals surface area contributed by atoms with E-state index in [4.69, 9.17) is 15.0 Å². The maximum atomic E-state index is 12.0. The van der Waals surface area contributed by atoms with Crippen LogP contribution in [-0.4, -0.2) is 29.2 Å². The number of ether oxygens (including phenoxy) is 1. The van der Waals surface area contributed by atoms with Crippen LogP contribution in [0.3, 0.4) is 0 Å². The normalized spacial score (nSPS) is 11.4. The molecule has 0 radical (unpaired) electrons. The Morgan fingerprint density at radius 1 is 1.21 bits per heavy atom. The second-order valence-electron chi connectivity index (χ2n) is 4.93. The van der Waals surface area contributed by atoms with Crippen molar-refractivity contribution >= 4 is 29.4 Å². The van der Waals surface area contributed by atoms with E-state index in [0.29, 0.717) is 11.4 Å². The van der Waals surface area contributed by atoms with Crippen molar-refractivity contribution in [3.05, 3.63) is 41.7 Å². The van der Waals surface area contributed by atoms with Gasteiger partial charge in [0.05, 0.1) is 5.56 Å². The molecular formula is C15H16N4O5. The fourth-order valence-corrected chi connectivity index (χ4v) is 1.77. The molecule has 1 aromatic carbocycles. The minimum atomic E-state index is -1.03. The maximum Gasteiger partial charge on any atom is 0.338 e. The van der Waals surface area contributed by atoms with Crippen LogP contribution in [-0.2, 0) is 9.53 Å². The van der Waals surface area contributed by atoms with E-state index in [2.05, 4.69) is 15.8 Å². The Morgan fingerprint density at radius 3 is 2.42 bits per heavy atom. The van der Waals surface area contributed by atoms with Crippen LogP contribution in [0.2, 0.25) is 0 Å². The number of benzene rings is 1. The van der Waals surface area contributed by atoms with E-state index in [-0.39, 0.29) is 11.4 Å². The fraction of sp³-hybridized carbons (Fsp3) is 0.200. The summed E-state index contributed by atoms with van der Waals surface area (Å²) in [6.45, 7) is 3.12. The number of aryl methyl sites for hydroxylation is 1. The highest BCUT2D eigenvalue weighted by molar-refractivity contribution is 5.97. The van der Waals surface area contributed by atoms with Gasteiger partial charge >= 0.3 is 12.0 Å². The molecule has 1 heterocycles. The Labute approximate surface area is 137 Å². The first-order valence-electron chi connectivity index (χ1n) is 6.97. The molecule has 0 aliphatic heterocycles. The first kappa shape index (κ1) is 17.0. The van der Waals surface area contributed by atoms with E-state index >= 15 is 0 Å². The van der Waals surface area contributed by atoms with Gasteiger partial charge in [0.2, 0.25) is 0 Å². The fourth-order valence-electron chi connectivity index (χ4n) is 1.77. The number of rotatable bonds is 5. The molecule has 0 saturated heterocycles. The zero-order valence-electron chi connectivity index (χ0n) is 13.0. The van der Waals surface area contributed by atoms with Gasteiger partial charge in [-0.05, 0) is 38.1 Å². The predicted molar refractivity (Wildman–Crippen MR) is 84.4 cm³/mol. The number of primary amides is 1. The second-order valence-corrected chi connectivity index (χ2v) is 4.93. The van der Waals surface area contributed by atoms with E-state index in [0.717, 1.165) is 0 Å². The second kappa shape index (κ2) is 7.27. The number of nitrogens with two attached hydrogens (primary N) is 1. The third kappa shape index (κ3) is 4.57. The summed E-state index contributed by atoms with van der Waals surface area (Å²) in [7, 11) is 0. The molecule has 24 heavy (non-hydrogen) atoms. The summed E-state index contributed by atoms with van der Waals surface area (Å²) in [6, 6.07) is 6.70. The van der Waals surface area contributed by atoms with Crippen molar-refractivity contribution in [2.75, 3.05) is 10.6 Å². The smallest absolute Gasteiger partial charge is 0.338 e. The maximum absolute atomic E-state index is 12.0. The number of anilines is 2. The molecule has 0 bridgehead atoms. The third-order valence-corrected chi connectivity index (χ3v) is 2.92. The van der Waals surface area contributed by atoms with Gasteiger partial charge in [0.25, 0.3) is 5.91 Å². The van der Waals surface area contributed by atoms with Crippen molar-refractivity contribution in [1.82, 2.24) is 5.16 Å². The van der Waals surface area contributed by atoms with Gasteiger partial charge in [-0.1, -0.05) is 5.16 Å². The Kier molecular flexibility index (Phi) is 5.15. The Morgan fingerprint density at radius 2 is 1.88 bits per heavy atom. The summed E-state index contributed by atoms with van der Waals surface area (Å²) in [6.07, 6.45) is -1.03. The summed E-state index contributed by atoms with van der Waals surface area (Å²) in [5.74, 6) is -0.440. The molecule has 0 unspecified atom stereocenters. The quantitative estimate of drug-likeness (QED) is 0.712. The monoisotopic (exact) mass is 332 g/mol. The highest BCUT2D eigenvalue weighted by Crippen LogP contribution is 2.12. The molecule has 3 amide bonds. The highest BCUT2D eigenvalue weighted by Gasteiger charge is 2.20. The SMILES string of the molecule is Cc1cc(NC(=O)[C@@H](C)OC(=O)c2ccc(NC(N)=O)cc2)no1. The standard InChI is InChI=1S/C15H16N4O5/c1-8-7-12(19-24-8)18-13(20)9(2)23-14(21)10-3-5-11(6-4-10)17-15(16)22/h3-7,9H,1-2H3,(H3,16,17,22)(H,18,19,20)/t9-/m1/s1. The predicted octanol–water partition coefficient (Wildman–Crippen LogP) is 1.66. The molecule has 126 valence electrons. The van der Waals surface area contributed by atoms with Gasteiger partial charge in [0.1, 0.15) is 5.76 Å². The van der Waals surface area contributed by atoms with Gasteiger partial charge in [0.15, 0.2) is 11.9 Å². The van der Waals surface area contributed by atoms with Crippen LogP contribution in [0.15, 0.2) is 34.9 Å². The van der Waals surface area contributed by atoms with Crippen LogP contribution in [0.25, 0.3) is 0 Å². The Hall–Kier alpha value is -3.36. The molecule has 0 spiro atoms. The molecular weight excluding hydrogens is 316 g/mol. The van der Waals surface area contributed by atoms with Crippen LogP contribution >= 0.6 is 0 Å². The lowest BCUT2D eigenvalue weighted by Gasteiger charge is -2.12. The summed E-state index contributed by atoms with van der Waals surface area (Å²) in [5.41, 5.74) is 5.65. The van der Waals surface area contributed by atoms with Gasteiger partial charge < -0.3 is 25.6 Å². The number of aromatic nitrogens is 1. The van der Waals surface area contributed by atoms with Crippen molar-refractivity contribution < 1.29 is 23.6 Å². The van der Waals surface area contributed by atoms with Gasteiger partial charge in [0, 0.05) is 11.8 Å². The summed E-state index contributed by atoms with van der Waals surface area (Å²) in [4.78, 5) is 34.7. The molecule has 2 rings (SSSR count). The van der Waals surface area contributed by atoms with Crippen molar-refractivity contribution in [2.45, 2.75) is 20.0 Å². The van der Waals surface area contributed by atoms with Gasteiger partial charge in [-0.15, -0.1) is 0 Å². The molecule has 0 fully saturated rings. The Balaban J connectivity index is 1.92. The molecule has 0 aliphatic carbocycles. The minimum Gasteiger partial charge on any atom is -0.449 e. The molecule has 2 aromatic rings. The highest BCUT2D eigenvalue weighted by atomic mass is 16.5. The lowest BCUT2D eigenvalue weighted by Crippen LogP contribution is -2.30. The molecule has 0 saturated carbocycles. The van der Waals surface area contributed by atoms with E-state index in [1.807, 2.05) is 0 Å². The number of carbonyl (C=O) groups is 3. The molecule has 1 aromatic heterocycles. The van der Waals surface area contributed by atoms with Crippen molar-refractivity contribution in [3.63, 3.8) is 0 Å². The summed E-state index contributed by atoms with van der Waals surface area (Å²) >= 11 is 0. The molecule has 9 heteroatoms. The number of hydrogen-bond donors (Lipinski definition) is 3. The zero-order valence-corrected chi connectivity index (χ0v) is 13.0. The lowest BCUT2D eigenvalue weighted by atomic mass is 10.2. The summed E-state index contributed by atoms with van der Waals surface area (Å²) < 4.78 is 9.90. The van der Waals surface area contributed by atoms with Gasteiger partial charge in [-0.25, -0.2) is 9.59 Å². The number of urea groups is 1. The number of hydrogen-bond acceptors (Lipinski definition) is 6. The van der Waals surface area contributed by atoms with Crippen molar-refractivity contribution in [1.29, 1.82) is 0 Å². The summed E-state index contributed by atoms with van der Waals surface area (Å²) in [5, 5.41) is 8.45. The number of nitrogens with zero attached hydrogens (tertiary/aromatic N) is 1. The van der Waals surface area contributed by atoms with Crippen LogP contribution in [0, 0.1) is 6.92 Å². The molecule has 4 N–H and O–H groups in total. The number of amides is 3. The number of esters is 1. The minimum absolute atomic E-state index is 0.224. The van der Waals surface area contributed by atoms with Crippen LogP contribution in [0.5, 0.6) is 0 Å². The van der Waals surface area contributed by atoms with Crippen molar-refractivity contribution in [3.8, 4) is 0 Å². The number of nitrogens with one attached hydrogen (secondary N) is 2.